The third-order valence-corrected chi connectivity index (χ3v) is 2.57. The Morgan fingerprint density at radius 2 is 2.13 bits per heavy atom. The topological polar surface area (TPSA) is 58.9 Å². The van der Waals surface area contributed by atoms with Gasteiger partial charge in [0.05, 0.1) is 6.42 Å². The molecular weight excluding hydrogens is 218 g/mol. The Bertz CT molecular complexity index is 418. The molecule has 0 bridgehead atoms. The number of hydrogen-bond donors (Lipinski definition) is 1. The van der Waals surface area contributed by atoms with Crippen LogP contribution in [0.15, 0.2) is 35.5 Å². The van der Waals surface area contributed by atoms with Gasteiger partial charge in [0, 0.05) is 5.56 Å². The van der Waals surface area contributed by atoms with Gasteiger partial charge < -0.3 is 9.94 Å². The van der Waals surface area contributed by atoms with E-state index in [1.54, 1.807) is 12.1 Å². The third kappa shape index (κ3) is 1.80. The predicted molar refractivity (Wildman–Crippen MR) is 54.7 cm³/mol. The van der Waals surface area contributed by atoms with Crippen molar-refractivity contribution < 1.29 is 14.7 Å². The fourth-order valence-corrected chi connectivity index (χ4v) is 1.65. The molecule has 2 rings (SSSR count). The molecule has 1 aliphatic rings. The molecule has 0 fully saturated rings. The van der Waals surface area contributed by atoms with E-state index in [2.05, 4.69) is 5.16 Å². The second-order valence-corrected chi connectivity index (χ2v) is 3.82. The maximum atomic E-state index is 10.7. The first-order chi connectivity index (χ1) is 7.12. The van der Waals surface area contributed by atoms with Crippen LogP contribution in [0.3, 0.4) is 0 Å². The quantitative estimate of drug-likeness (QED) is 0.783. The van der Waals surface area contributed by atoms with Crippen molar-refractivity contribution in [2.24, 2.45) is 5.16 Å². The van der Waals surface area contributed by atoms with Crippen LogP contribution in [0.1, 0.15) is 12.0 Å². The first-order valence-corrected chi connectivity index (χ1v) is 4.72. The number of nitrogens with zero attached hydrogens (tertiary/aromatic N) is 1. The van der Waals surface area contributed by atoms with Gasteiger partial charge in [0.1, 0.15) is 0 Å². The number of benzene rings is 1. The van der Waals surface area contributed by atoms with E-state index >= 15 is 0 Å². The van der Waals surface area contributed by atoms with E-state index in [9.17, 15) is 4.79 Å². The number of aliphatic carboxylic acids is 1. The number of oxime groups is 1. The van der Waals surface area contributed by atoms with Gasteiger partial charge in [0.2, 0.25) is 5.06 Å². The molecule has 0 saturated carbocycles. The van der Waals surface area contributed by atoms with Gasteiger partial charge in [0.25, 0.3) is 0 Å². The first kappa shape index (κ1) is 9.98. The number of carboxylic acid groups (broad SMARTS) is 1. The van der Waals surface area contributed by atoms with Crippen molar-refractivity contribution in [3.63, 3.8) is 0 Å². The molecule has 0 spiro atoms. The summed E-state index contributed by atoms with van der Waals surface area (Å²) in [6.45, 7) is 0. The van der Waals surface area contributed by atoms with E-state index in [0.717, 1.165) is 0 Å². The van der Waals surface area contributed by atoms with Crippen LogP contribution in [0.4, 0.5) is 0 Å². The van der Waals surface area contributed by atoms with E-state index in [1.807, 2.05) is 18.2 Å². The van der Waals surface area contributed by atoms with Crippen LogP contribution >= 0.6 is 11.6 Å². The standard InChI is InChI=1S/C10H8ClNO3/c11-10(7-4-2-1-3-5-7)6-8(9(13)14)12-15-10/h1-5H,6H2,(H,13,14). The van der Waals surface area contributed by atoms with E-state index < -0.39 is 11.0 Å². The number of hydrogen-bond acceptors (Lipinski definition) is 3. The molecule has 1 heterocycles. The van der Waals surface area contributed by atoms with Crippen molar-refractivity contribution in [3.8, 4) is 0 Å². The molecule has 15 heavy (non-hydrogen) atoms. The number of carbonyl (C=O) groups is 1. The Hall–Kier alpha value is -1.55. The SMILES string of the molecule is O=C(O)C1=NOC(Cl)(c2ccccc2)C1. The minimum absolute atomic E-state index is 0.0612. The summed E-state index contributed by atoms with van der Waals surface area (Å²) >= 11 is 6.13. The van der Waals surface area contributed by atoms with Crippen molar-refractivity contribution >= 4 is 23.3 Å². The summed E-state index contributed by atoms with van der Waals surface area (Å²) in [5.74, 6) is -1.10. The summed E-state index contributed by atoms with van der Waals surface area (Å²) in [6, 6.07) is 9.00. The summed E-state index contributed by atoms with van der Waals surface area (Å²) in [5.41, 5.74) is 0.639. The highest BCUT2D eigenvalue weighted by atomic mass is 35.5. The normalized spacial score (nSPS) is 24.5. The fourth-order valence-electron chi connectivity index (χ4n) is 1.36. The van der Waals surface area contributed by atoms with Gasteiger partial charge in [-0.15, -0.1) is 0 Å². The Kier molecular flexibility index (Phi) is 2.36. The molecule has 0 saturated heterocycles. The highest BCUT2D eigenvalue weighted by Crippen LogP contribution is 2.38. The lowest BCUT2D eigenvalue weighted by molar-refractivity contribution is -0.129. The number of rotatable bonds is 2. The maximum absolute atomic E-state index is 10.7. The Morgan fingerprint density at radius 1 is 1.47 bits per heavy atom. The zero-order chi connectivity index (χ0) is 10.9. The molecule has 0 aliphatic carbocycles. The number of halogens is 1. The molecule has 78 valence electrons. The highest BCUT2D eigenvalue weighted by Gasteiger charge is 2.41. The average molecular weight is 226 g/mol. The van der Waals surface area contributed by atoms with Gasteiger partial charge in [0.15, 0.2) is 5.71 Å². The summed E-state index contributed by atoms with van der Waals surface area (Å²) < 4.78 is 0. The van der Waals surface area contributed by atoms with Crippen molar-refractivity contribution in [3.05, 3.63) is 35.9 Å². The largest absolute Gasteiger partial charge is 0.477 e. The number of alkyl halides is 1. The van der Waals surface area contributed by atoms with Gasteiger partial charge in [-0.05, 0) is 0 Å². The highest BCUT2D eigenvalue weighted by molar-refractivity contribution is 6.38. The van der Waals surface area contributed by atoms with Crippen LogP contribution in [-0.2, 0) is 14.7 Å². The summed E-state index contributed by atoms with van der Waals surface area (Å²) in [5, 5.41) is 11.0. The van der Waals surface area contributed by atoms with Crippen LogP contribution in [0.5, 0.6) is 0 Å². The van der Waals surface area contributed by atoms with Crippen molar-refractivity contribution in [1.29, 1.82) is 0 Å². The number of carboxylic acids is 1. The Morgan fingerprint density at radius 3 is 2.67 bits per heavy atom. The van der Waals surface area contributed by atoms with Gasteiger partial charge in [-0.1, -0.05) is 47.1 Å². The average Bonchev–Trinajstić information content (AvgIpc) is 2.64. The van der Waals surface area contributed by atoms with Crippen LogP contribution in [0.25, 0.3) is 0 Å². The van der Waals surface area contributed by atoms with Gasteiger partial charge in [-0.3, -0.25) is 0 Å². The molecule has 1 unspecified atom stereocenters. The van der Waals surface area contributed by atoms with Crippen molar-refractivity contribution in [1.82, 2.24) is 0 Å². The van der Waals surface area contributed by atoms with Gasteiger partial charge in [-0.2, -0.15) is 0 Å². The molecule has 0 radical (unpaired) electrons. The lowest BCUT2D eigenvalue weighted by atomic mass is 10.0. The molecule has 0 aromatic heterocycles. The van der Waals surface area contributed by atoms with Crippen molar-refractivity contribution in [2.75, 3.05) is 0 Å². The Labute approximate surface area is 91.1 Å². The van der Waals surface area contributed by atoms with Crippen LogP contribution in [-0.4, -0.2) is 16.8 Å². The summed E-state index contributed by atoms with van der Waals surface area (Å²) in [7, 11) is 0. The van der Waals surface area contributed by atoms with E-state index in [-0.39, 0.29) is 12.1 Å². The van der Waals surface area contributed by atoms with Crippen molar-refractivity contribution in [2.45, 2.75) is 11.5 Å². The van der Waals surface area contributed by atoms with Gasteiger partial charge >= 0.3 is 5.97 Å². The van der Waals surface area contributed by atoms with Crippen LogP contribution < -0.4 is 0 Å². The molecule has 0 amide bonds. The van der Waals surface area contributed by atoms with E-state index in [0.29, 0.717) is 5.56 Å². The molecule has 1 aliphatic heterocycles. The lowest BCUT2D eigenvalue weighted by Gasteiger charge is -2.18. The van der Waals surface area contributed by atoms with E-state index in [4.69, 9.17) is 21.5 Å². The predicted octanol–water partition coefficient (Wildman–Crippen LogP) is 1.94. The monoisotopic (exact) mass is 225 g/mol. The van der Waals surface area contributed by atoms with Crippen LogP contribution in [0.2, 0.25) is 0 Å². The fraction of sp³-hybridized carbons (Fsp3) is 0.200. The zero-order valence-corrected chi connectivity index (χ0v) is 8.44. The van der Waals surface area contributed by atoms with Gasteiger partial charge in [-0.25, -0.2) is 4.79 Å². The zero-order valence-electron chi connectivity index (χ0n) is 7.68. The minimum Gasteiger partial charge on any atom is -0.477 e. The second-order valence-electron chi connectivity index (χ2n) is 3.21. The minimum atomic E-state index is -1.17. The molecule has 1 N–H and O–H groups in total. The maximum Gasteiger partial charge on any atom is 0.353 e. The third-order valence-electron chi connectivity index (χ3n) is 2.15. The molecule has 5 heteroatoms. The second kappa shape index (κ2) is 3.55. The molecule has 1 aromatic carbocycles. The summed E-state index contributed by atoms with van der Waals surface area (Å²) in [6.07, 6.45) is 0.0634. The smallest absolute Gasteiger partial charge is 0.353 e. The summed E-state index contributed by atoms with van der Waals surface area (Å²) in [4.78, 5) is 15.6. The van der Waals surface area contributed by atoms with E-state index in [1.165, 1.54) is 0 Å². The molecule has 1 atom stereocenters. The molecule has 4 nitrogen and oxygen atoms in total. The lowest BCUT2D eigenvalue weighted by Crippen LogP contribution is -2.21. The first-order valence-electron chi connectivity index (χ1n) is 4.34. The molecule has 1 aromatic rings. The molecular formula is C10H8ClNO3. The van der Waals surface area contributed by atoms with Crippen LogP contribution in [0, 0.1) is 0 Å². The Balaban J connectivity index is 2.23.